The summed E-state index contributed by atoms with van der Waals surface area (Å²) >= 11 is 0. The summed E-state index contributed by atoms with van der Waals surface area (Å²) in [4.78, 5) is 0. The second-order valence-electron chi connectivity index (χ2n) is 4.19. The third-order valence-electron chi connectivity index (χ3n) is 2.53. The van der Waals surface area contributed by atoms with Crippen LogP contribution in [0, 0.1) is 0 Å². The van der Waals surface area contributed by atoms with Crippen molar-refractivity contribution in [2.24, 2.45) is 0 Å². The molecule has 1 rings (SSSR count). The van der Waals surface area contributed by atoms with Crippen molar-refractivity contribution in [2.75, 3.05) is 0 Å². The Bertz CT molecular complexity index is 522. The summed E-state index contributed by atoms with van der Waals surface area (Å²) in [5.74, 6) is 0.00370. The zero-order chi connectivity index (χ0) is 13.2. The summed E-state index contributed by atoms with van der Waals surface area (Å²) in [6.45, 7) is 11.0. The molecule has 0 aliphatic carbocycles. The molecule has 0 aliphatic heterocycles. The second kappa shape index (κ2) is 4.78. The highest BCUT2D eigenvalue weighted by Crippen LogP contribution is 2.29. The van der Waals surface area contributed by atoms with Crippen LogP contribution in [0.2, 0.25) is 0 Å². The van der Waals surface area contributed by atoms with Gasteiger partial charge in [0, 0.05) is 0 Å². The van der Waals surface area contributed by atoms with Gasteiger partial charge in [-0.1, -0.05) is 39.2 Å². The first-order valence-corrected chi connectivity index (χ1v) is 5.30. The summed E-state index contributed by atoms with van der Waals surface area (Å²) in [6, 6.07) is 2.26. The van der Waals surface area contributed by atoms with Crippen molar-refractivity contribution in [3.63, 3.8) is 0 Å². The largest absolute Gasteiger partial charge is 0.416 e. The van der Waals surface area contributed by atoms with Crippen LogP contribution in [0.4, 0.5) is 13.2 Å². The maximum atomic E-state index is 12.7. The van der Waals surface area contributed by atoms with E-state index >= 15 is 0 Å². The molecule has 3 heteroatoms. The Morgan fingerprint density at radius 1 is 1.24 bits per heavy atom. The van der Waals surface area contributed by atoms with Crippen LogP contribution in [0.1, 0.15) is 30.9 Å². The van der Waals surface area contributed by atoms with Crippen molar-refractivity contribution in [2.45, 2.75) is 25.9 Å². The summed E-state index contributed by atoms with van der Waals surface area (Å²) in [7, 11) is 0. The Kier molecular flexibility index (Phi) is 3.81. The van der Waals surface area contributed by atoms with Gasteiger partial charge in [-0.05, 0) is 34.1 Å². The Labute approximate surface area is 98.8 Å². The summed E-state index contributed by atoms with van der Waals surface area (Å²) in [5.41, 5.74) is -0.00265. The predicted octanol–water partition coefficient (Wildman–Crippen LogP) is 3.21. The SMILES string of the molecule is C=C/C=c1/c(C(C)C)cc(C(F)(F)F)cc1=C. The van der Waals surface area contributed by atoms with Gasteiger partial charge >= 0.3 is 6.18 Å². The van der Waals surface area contributed by atoms with Crippen molar-refractivity contribution in [1.82, 2.24) is 0 Å². The van der Waals surface area contributed by atoms with Crippen LogP contribution in [0.15, 0.2) is 24.8 Å². The monoisotopic (exact) mass is 240 g/mol. The number of hydrogen-bond acceptors (Lipinski definition) is 0. The number of benzene rings is 1. The molecular weight excluding hydrogens is 225 g/mol. The fourth-order valence-corrected chi connectivity index (χ4v) is 1.70. The highest BCUT2D eigenvalue weighted by molar-refractivity contribution is 5.43. The van der Waals surface area contributed by atoms with Crippen molar-refractivity contribution >= 4 is 12.7 Å². The molecule has 0 atom stereocenters. The average Bonchev–Trinajstić information content (AvgIpc) is 2.18. The Hall–Kier alpha value is -1.51. The number of allylic oxidation sites excluding steroid dienone is 1. The minimum absolute atomic E-state index is 0.00370. The lowest BCUT2D eigenvalue weighted by atomic mass is 9.96. The maximum Gasteiger partial charge on any atom is 0.416 e. The molecule has 0 aromatic heterocycles. The van der Waals surface area contributed by atoms with E-state index in [4.69, 9.17) is 0 Å². The third-order valence-corrected chi connectivity index (χ3v) is 2.53. The van der Waals surface area contributed by atoms with Crippen LogP contribution >= 0.6 is 0 Å². The molecule has 1 aromatic rings. The fourth-order valence-electron chi connectivity index (χ4n) is 1.70. The van der Waals surface area contributed by atoms with E-state index in [-0.39, 0.29) is 5.92 Å². The van der Waals surface area contributed by atoms with Gasteiger partial charge in [-0.2, -0.15) is 13.2 Å². The normalized spacial score (nSPS) is 13.2. The zero-order valence-corrected chi connectivity index (χ0v) is 9.93. The lowest BCUT2D eigenvalue weighted by Gasteiger charge is -2.12. The molecule has 0 spiro atoms. The van der Waals surface area contributed by atoms with E-state index in [1.54, 1.807) is 12.2 Å². The van der Waals surface area contributed by atoms with Gasteiger partial charge < -0.3 is 0 Å². The predicted molar refractivity (Wildman–Crippen MR) is 65.0 cm³/mol. The average molecular weight is 240 g/mol. The van der Waals surface area contributed by atoms with Crippen molar-refractivity contribution in [3.8, 4) is 0 Å². The molecule has 0 aliphatic rings. The van der Waals surface area contributed by atoms with Crippen LogP contribution < -0.4 is 10.4 Å². The standard InChI is InChI=1S/C14H15F3/c1-5-6-12-10(4)7-11(14(15,16)17)8-13(12)9(2)3/h5-9H,1,4H2,2-3H3/b12-6+. The van der Waals surface area contributed by atoms with Gasteiger partial charge in [-0.15, -0.1) is 0 Å². The molecule has 0 nitrogen and oxygen atoms in total. The molecule has 0 saturated heterocycles. The Morgan fingerprint density at radius 3 is 2.24 bits per heavy atom. The van der Waals surface area contributed by atoms with Crippen molar-refractivity contribution < 1.29 is 13.2 Å². The first-order chi connectivity index (χ1) is 7.77. The number of hydrogen-bond donors (Lipinski definition) is 0. The van der Waals surface area contributed by atoms with Crippen LogP contribution in [0.5, 0.6) is 0 Å². The summed E-state index contributed by atoms with van der Waals surface area (Å²) in [5, 5.41) is 1.10. The number of alkyl halides is 3. The van der Waals surface area contributed by atoms with Crippen molar-refractivity contribution in [3.05, 3.63) is 46.4 Å². The zero-order valence-electron chi connectivity index (χ0n) is 9.93. The lowest BCUT2D eigenvalue weighted by Crippen LogP contribution is -2.30. The van der Waals surface area contributed by atoms with Crippen molar-refractivity contribution in [1.29, 1.82) is 0 Å². The molecule has 0 N–H and O–H groups in total. The van der Waals surface area contributed by atoms with E-state index in [0.717, 1.165) is 11.3 Å². The van der Waals surface area contributed by atoms with Gasteiger partial charge in [0.15, 0.2) is 0 Å². The van der Waals surface area contributed by atoms with Crippen LogP contribution in [0.3, 0.4) is 0 Å². The van der Waals surface area contributed by atoms with Gasteiger partial charge in [0.25, 0.3) is 0 Å². The van der Waals surface area contributed by atoms with E-state index in [0.29, 0.717) is 10.8 Å². The molecule has 0 saturated carbocycles. The first-order valence-electron chi connectivity index (χ1n) is 5.30. The smallest absolute Gasteiger partial charge is 0.166 e. The molecule has 0 unspecified atom stereocenters. The Balaban J connectivity index is 3.65. The highest BCUT2D eigenvalue weighted by atomic mass is 19.4. The van der Waals surface area contributed by atoms with Crippen LogP contribution in [-0.2, 0) is 6.18 Å². The first kappa shape index (κ1) is 13.6. The Morgan fingerprint density at radius 2 is 1.82 bits per heavy atom. The fraction of sp³-hybridized carbons (Fsp3) is 0.286. The molecule has 1 aromatic carbocycles. The molecule has 0 bridgehead atoms. The van der Waals surface area contributed by atoms with Gasteiger partial charge in [0.1, 0.15) is 0 Å². The van der Waals surface area contributed by atoms with E-state index in [1.807, 2.05) is 13.8 Å². The molecule has 0 heterocycles. The third kappa shape index (κ3) is 2.99. The van der Waals surface area contributed by atoms with Crippen LogP contribution in [-0.4, -0.2) is 0 Å². The van der Waals surface area contributed by atoms with Gasteiger partial charge in [0.2, 0.25) is 0 Å². The second-order valence-corrected chi connectivity index (χ2v) is 4.19. The minimum Gasteiger partial charge on any atom is -0.166 e. The molecular formula is C14H15F3. The van der Waals surface area contributed by atoms with E-state index in [1.165, 1.54) is 6.07 Å². The highest BCUT2D eigenvalue weighted by Gasteiger charge is 2.31. The molecule has 0 fully saturated rings. The summed E-state index contributed by atoms with van der Waals surface area (Å²) in [6.07, 6.45) is -1.08. The summed E-state index contributed by atoms with van der Waals surface area (Å²) < 4.78 is 38.0. The minimum atomic E-state index is -4.33. The quantitative estimate of drug-likeness (QED) is 0.744. The molecule has 0 radical (unpaired) electrons. The maximum absolute atomic E-state index is 12.7. The molecule has 0 amide bonds. The number of halogens is 3. The topological polar surface area (TPSA) is 0 Å². The van der Waals surface area contributed by atoms with Gasteiger partial charge in [-0.25, -0.2) is 0 Å². The molecule has 92 valence electrons. The van der Waals surface area contributed by atoms with E-state index in [9.17, 15) is 13.2 Å². The van der Waals surface area contributed by atoms with Gasteiger partial charge in [0.05, 0.1) is 5.56 Å². The van der Waals surface area contributed by atoms with E-state index < -0.39 is 11.7 Å². The van der Waals surface area contributed by atoms with Crippen LogP contribution in [0.25, 0.3) is 12.7 Å². The molecule has 17 heavy (non-hydrogen) atoms. The van der Waals surface area contributed by atoms with E-state index in [2.05, 4.69) is 13.2 Å². The lowest BCUT2D eigenvalue weighted by molar-refractivity contribution is -0.137. The number of rotatable bonds is 2. The van der Waals surface area contributed by atoms with Gasteiger partial charge in [-0.3, -0.25) is 0 Å².